The van der Waals surface area contributed by atoms with E-state index in [9.17, 15) is 13.2 Å². The zero-order chi connectivity index (χ0) is 25.4. The second-order valence-corrected chi connectivity index (χ2v) is 9.98. The Labute approximate surface area is 212 Å². The second kappa shape index (κ2) is 11.6. The summed E-state index contributed by atoms with van der Waals surface area (Å²) in [4.78, 5) is 12.9. The summed E-state index contributed by atoms with van der Waals surface area (Å²) in [6, 6.07) is 31.9. The Hall–Kier alpha value is -4.10. The monoisotopic (exact) mass is 500 g/mol. The van der Waals surface area contributed by atoms with Crippen molar-refractivity contribution in [1.29, 1.82) is 0 Å². The minimum atomic E-state index is -3.78. The largest absolute Gasteiger partial charge is 0.494 e. The highest BCUT2D eigenvalue weighted by Crippen LogP contribution is 2.26. The average Bonchev–Trinajstić information content (AvgIpc) is 2.92. The maximum Gasteiger partial charge on any atom is 0.264 e. The van der Waals surface area contributed by atoms with Crippen LogP contribution in [0.4, 0.5) is 5.69 Å². The second-order valence-electron chi connectivity index (χ2n) is 8.12. The van der Waals surface area contributed by atoms with Crippen molar-refractivity contribution in [2.24, 2.45) is 0 Å². The lowest BCUT2D eigenvalue weighted by atomic mass is 10.1. The molecule has 0 fully saturated rings. The van der Waals surface area contributed by atoms with Crippen LogP contribution in [0.5, 0.6) is 5.75 Å². The van der Waals surface area contributed by atoms with Gasteiger partial charge in [-0.1, -0.05) is 60.7 Å². The SMILES string of the molecule is CCOc1ccc(CNC(=O)c2ccc(CN(c3ccccc3)S(=O)(=O)c3ccccc3)cc2)cc1. The Morgan fingerprint density at radius 3 is 1.97 bits per heavy atom. The van der Waals surface area contributed by atoms with Crippen LogP contribution >= 0.6 is 0 Å². The van der Waals surface area contributed by atoms with Gasteiger partial charge in [-0.2, -0.15) is 0 Å². The van der Waals surface area contributed by atoms with Crippen LogP contribution in [0.3, 0.4) is 0 Å². The first kappa shape index (κ1) is 25.0. The van der Waals surface area contributed by atoms with Gasteiger partial charge in [0.2, 0.25) is 0 Å². The minimum Gasteiger partial charge on any atom is -0.494 e. The van der Waals surface area contributed by atoms with Crippen LogP contribution in [0.1, 0.15) is 28.4 Å². The zero-order valence-electron chi connectivity index (χ0n) is 20.0. The minimum absolute atomic E-state index is 0.134. The number of amides is 1. The van der Waals surface area contributed by atoms with Gasteiger partial charge in [0, 0.05) is 12.1 Å². The lowest BCUT2D eigenvalue weighted by Gasteiger charge is -2.25. The van der Waals surface area contributed by atoms with Crippen molar-refractivity contribution in [2.45, 2.75) is 24.9 Å². The highest BCUT2D eigenvalue weighted by Gasteiger charge is 2.25. The number of nitrogens with one attached hydrogen (secondary N) is 1. The molecule has 1 N–H and O–H groups in total. The quantitative estimate of drug-likeness (QED) is 0.316. The van der Waals surface area contributed by atoms with E-state index in [1.165, 1.54) is 4.31 Å². The maximum absolute atomic E-state index is 13.4. The van der Waals surface area contributed by atoms with Crippen LogP contribution < -0.4 is 14.4 Å². The van der Waals surface area contributed by atoms with E-state index < -0.39 is 10.0 Å². The molecule has 0 aliphatic heterocycles. The van der Waals surface area contributed by atoms with Gasteiger partial charge < -0.3 is 10.1 Å². The molecule has 36 heavy (non-hydrogen) atoms. The number of para-hydroxylation sites is 1. The number of ether oxygens (including phenoxy) is 1. The summed E-state index contributed by atoms with van der Waals surface area (Å²) >= 11 is 0. The molecule has 0 aliphatic rings. The third-order valence-corrected chi connectivity index (χ3v) is 7.39. The van der Waals surface area contributed by atoms with Crippen molar-refractivity contribution in [3.05, 3.63) is 126 Å². The highest BCUT2D eigenvalue weighted by atomic mass is 32.2. The Morgan fingerprint density at radius 2 is 1.36 bits per heavy atom. The van der Waals surface area contributed by atoms with E-state index in [0.717, 1.165) is 16.9 Å². The third-order valence-electron chi connectivity index (χ3n) is 5.61. The Kier molecular flexibility index (Phi) is 8.02. The van der Waals surface area contributed by atoms with Crippen molar-refractivity contribution >= 4 is 21.6 Å². The summed E-state index contributed by atoms with van der Waals surface area (Å²) < 4.78 is 33.7. The molecule has 0 atom stereocenters. The van der Waals surface area contributed by atoms with Gasteiger partial charge in [0.05, 0.1) is 23.7 Å². The number of carbonyl (C=O) groups excluding carboxylic acids is 1. The van der Waals surface area contributed by atoms with Crippen LogP contribution in [-0.2, 0) is 23.1 Å². The van der Waals surface area contributed by atoms with E-state index in [-0.39, 0.29) is 17.3 Å². The summed E-state index contributed by atoms with van der Waals surface area (Å²) in [7, 11) is -3.78. The van der Waals surface area contributed by atoms with Gasteiger partial charge in [0.1, 0.15) is 5.75 Å². The van der Waals surface area contributed by atoms with Gasteiger partial charge >= 0.3 is 0 Å². The molecular weight excluding hydrogens is 472 g/mol. The van der Waals surface area contributed by atoms with Crippen molar-refractivity contribution in [3.63, 3.8) is 0 Å². The molecule has 0 aliphatic carbocycles. The van der Waals surface area contributed by atoms with Crippen LogP contribution in [0.2, 0.25) is 0 Å². The topological polar surface area (TPSA) is 75.7 Å². The fourth-order valence-corrected chi connectivity index (χ4v) is 5.18. The van der Waals surface area contributed by atoms with Crippen molar-refractivity contribution in [2.75, 3.05) is 10.9 Å². The molecule has 0 bridgehead atoms. The van der Waals surface area contributed by atoms with E-state index in [0.29, 0.717) is 24.4 Å². The molecule has 6 nitrogen and oxygen atoms in total. The number of anilines is 1. The van der Waals surface area contributed by atoms with Crippen molar-refractivity contribution < 1.29 is 17.9 Å². The molecule has 0 saturated carbocycles. The molecule has 0 aromatic heterocycles. The zero-order valence-corrected chi connectivity index (χ0v) is 20.8. The fourth-order valence-electron chi connectivity index (χ4n) is 3.71. The smallest absolute Gasteiger partial charge is 0.264 e. The molecular formula is C29H28N2O4S. The number of rotatable bonds is 10. The summed E-state index contributed by atoms with van der Waals surface area (Å²) in [5.41, 5.74) is 2.80. The molecule has 4 rings (SSSR count). The molecule has 0 heterocycles. The predicted molar refractivity (Wildman–Crippen MR) is 141 cm³/mol. The van der Waals surface area contributed by atoms with Gasteiger partial charge in [-0.25, -0.2) is 8.42 Å². The van der Waals surface area contributed by atoms with Gasteiger partial charge in [-0.05, 0) is 66.6 Å². The molecule has 4 aromatic rings. The van der Waals surface area contributed by atoms with Crippen LogP contribution in [0.25, 0.3) is 0 Å². The number of nitrogens with zero attached hydrogens (tertiary/aromatic N) is 1. The summed E-state index contributed by atoms with van der Waals surface area (Å²) in [5, 5.41) is 2.91. The first-order valence-corrected chi connectivity index (χ1v) is 13.1. The van der Waals surface area contributed by atoms with Gasteiger partial charge in [-0.3, -0.25) is 9.10 Å². The lowest BCUT2D eigenvalue weighted by molar-refractivity contribution is 0.0951. The van der Waals surface area contributed by atoms with Gasteiger partial charge in [0.15, 0.2) is 0 Å². The lowest BCUT2D eigenvalue weighted by Crippen LogP contribution is -2.30. The number of hydrogen-bond acceptors (Lipinski definition) is 4. The molecule has 0 spiro atoms. The van der Waals surface area contributed by atoms with E-state index in [4.69, 9.17) is 4.74 Å². The normalized spacial score (nSPS) is 11.0. The van der Waals surface area contributed by atoms with Crippen molar-refractivity contribution in [3.8, 4) is 5.75 Å². The molecule has 4 aromatic carbocycles. The first-order chi connectivity index (χ1) is 17.5. The predicted octanol–water partition coefficient (Wildman–Crippen LogP) is 5.41. The fraction of sp³-hybridized carbons (Fsp3) is 0.138. The third kappa shape index (κ3) is 6.12. The standard InChI is InChI=1S/C29H28N2O4S/c1-2-35-27-19-15-23(16-20-27)21-30-29(32)25-17-13-24(14-18-25)22-31(26-9-5-3-6-10-26)36(33,34)28-11-7-4-8-12-28/h3-20H,2,21-22H2,1H3,(H,30,32). The molecule has 184 valence electrons. The summed E-state index contributed by atoms with van der Waals surface area (Å²) in [6.07, 6.45) is 0. The summed E-state index contributed by atoms with van der Waals surface area (Å²) in [5.74, 6) is 0.592. The van der Waals surface area contributed by atoms with E-state index in [1.807, 2.05) is 37.3 Å². The Bertz CT molecular complexity index is 1370. The van der Waals surface area contributed by atoms with Crippen LogP contribution in [0, 0.1) is 0 Å². The molecule has 1 amide bonds. The maximum atomic E-state index is 13.4. The van der Waals surface area contributed by atoms with Gasteiger partial charge in [-0.15, -0.1) is 0 Å². The molecule has 0 unspecified atom stereocenters. The van der Waals surface area contributed by atoms with E-state index in [2.05, 4.69) is 5.32 Å². The van der Waals surface area contributed by atoms with E-state index in [1.54, 1.807) is 78.9 Å². The number of sulfonamides is 1. The van der Waals surface area contributed by atoms with Crippen LogP contribution in [-0.4, -0.2) is 20.9 Å². The van der Waals surface area contributed by atoms with Crippen LogP contribution in [0.15, 0.2) is 114 Å². The number of benzene rings is 4. The average molecular weight is 501 g/mol. The van der Waals surface area contributed by atoms with Crippen molar-refractivity contribution in [1.82, 2.24) is 5.32 Å². The number of carbonyl (C=O) groups is 1. The Balaban J connectivity index is 1.46. The molecule has 0 radical (unpaired) electrons. The van der Waals surface area contributed by atoms with E-state index >= 15 is 0 Å². The number of hydrogen-bond donors (Lipinski definition) is 1. The first-order valence-electron chi connectivity index (χ1n) is 11.7. The summed E-state index contributed by atoms with van der Waals surface area (Å²) in [6.45, 7) is 3.06. The Morgan fingerprint density at radius 1 is 0.778 bits per heavy atom. The van der Waals surface area contributed by atoms with Gasteiger partial charge in [0.25, 0.3) is 15.9 Å². The molecule has 0 saturated heterocycles. The molecule has 7 heteroatoms. The highest BCUT2D eigenvalue weighted by molar-refractivity contribution is 7.92.